The Bertz CT molecular complexity index is 710. The fourth-order valence-corrected chi connectivity index (χ4v) is 3.15. The summed E-state index contributed by atoms with van der Waals surface area (Å²) in [7, 11) is 1.25. The van der Waals surface area contributed by atoms with Crippen LogP contribution in [0.3, 0.4) is 0 Å². The van der Waals surface area contributed by atoms with Crippen molar-refractivity contribution in [1.82, 2.24) is 5.32 Å². The van der Waals surface area contributed by atoms with Gasteiger partial charge < -0.3 is 20.1 Å². The molecule has 2 N–H and O–H groups in total. The van der Waals surface area contributed by atoms with Crippen molar-refractivity contribution in [2.75, 3.05) is 19.0 Å². The third kappa shape index (κ3) is 6.67. The van der Waals surface area contributed by atoms with Crippen LogP contribution in [0.2, 0.25) is 0 Å². The Hall–Kier alpha value is -2.42. The summed E-state index contributed by atoms with van der Waals surface area (Å²) in [6.07, 6.45) is 2.20. The summed E-state index contributed by atoms with van der Waals surface area (Å²) in [6, 6.07) is 2.37. The molecule has 9 heteroatoms. The Kier molecular flexibility index (Phi) is 7.35. The number of thiophene rings is 1. The minimum Gasteiger partial charge on any atom is -0.467 e. The van der Waals surface area contributed by atoms with E-state index in [1.165, 1.54) is 13.2 Å². The maximum Gasteiger partial charge on any atom is 0.348 e. The molecular weight excluding hydrogens is 372 g/mol. The molecule has 0 spiro atoms. The number of rotatable bonds is 9. The van der Waals surface area contributed by atoms with Gasteiger partial charge in [0.05, 0.1) is 12.1 Å². The highest BCUT2D eigenvalue weighted by atomic mass is 32.1. The first kappa shape index (κ1) is 20.9. The van der Waals surface area contributed by atoms with Crippen LogP contribution in [0, 0.1) is 11.8 Å². The smallest absolute Gasteiger partial charge is 0.348 e. The largest absolute Gasteiger partial charge is 0.467 e. The maximum atomic E-state index is 12.1. The van der Waals surface area contributed by atoms with E-state index in [9.17, 15) is 19.2 Å². The van der Waals surface area contributed by atoms with Gasteiger partial charge in [-0.2, -0.15) is 0 Å². The molecular formula is C18H24N2O6S. The van der Waals surface area contributed by atoms with E-state index in [0.717, 1.165) is 24.2 Å². The fraction of sp³-hybridized carbons (Fsp3) is 0.556. The van der Waals surface area contributed by atoms with Gasteiger partial charge in [-0.25, -0.2) is 9.59 Å². The van der Waals surface area contributed by atoms with Crippen molar-refractivity contribution in [2.24, 2.45) is 11.8 Å². The highest BCUT2D eigenvalue weighted by molar-refractivity contribution is 7.18. The van der Waals surface area contributed by atoms with E-state index in [2.05, 4.69) is 15.4 Å². The predicted octanol–water partition coefficient (Wildman–Crippen LogP) is 1.96. The standard InChI is InChI=1S/C18H24N2O6S/c1-10(2)8-12(17(23)25-3)19-14(21)9-26-18(24)13-6-7-15(27-13)20-16(22)11-4-5-11/h6-7,10-12H,4-5,8-9H2,1-3H3,(H,19,21)(H,20,22). The molecule has 1 heterocycles. The molecule has 8 nitrogen and oxygen atoms in total. The second-order valence-electron chi connectivity index (χ2n) is 6.78. The molecule has 2 rings (SSSR count). The average Bonchev–Trinajstić information content (AvgIpc) is 3.37. The molecule has 0 saturated heterocycles. The number of methoxy groups -OCH3 is 1. The molecule has 1 aliphatic rings. The molecule has 1 unspecified atom stereocenters. The van der Waals surface area contributed by atoms with Crippen molar-refractivity contribution in [3.05, 3.63) is 17.0 Å². The Labute approximate surface area is 161 Å². The molecule has 1 aliphatic carbocycles. The lowest BCUT2D eigenvalue weighted by Crippen LogP contribution is -2.44. The van der Waals surface area contributed by atoms with Crippen LogP contribution in [0.25, 0.3) is 0 Å². The van der Waals surface area contributed by atoms with Gasteiger partial charge in [0, 0.05) is 5.92 Å². The van der Waals surface area contributed by atoms with Crippen LogP contribution in [0.15, 0.2) is 12.1 Å². The molecule has 1 aromatic rings. The summed E-state index contributed by atoms with van der Waals surface area (Å²) in [5.41, 5.74) is 0. The number of amides is 2. The van der Waals surface area contributed by atoms with Crippen molar-refractivity contribution in [2.45, 2.75) is 39.2 Å². The number of ether oxygens (including phenoxy) is 2. The van der Waals surface area contributed by atoms with E-state index in [-0.39, 0.29) is 22.6 Å². The van der Waals surface area contributed by atoms with Gasteiger partial charge in [0.15, 0.2) is 6.61 Å². The third-order valence-corrected chi connectivity index (χ3v) is 4.84. The van der Waals surface area contributed by atoms with Crippen molar-refractivity contribution < 1.29 is 28.7 Å². The molecule has 2 amide bonds. The van der Waals surface area contributed by atoms with Crippen LogP contribution in [0.5, 0.6) is 0 Å². The Balaban J connectivity index is 1.81. The fourth-order valence-electron chi connectivity index (χ4n) is 2.35. The first-order valence-electron chi connectivity index (χ1n) is 8.75. The van der Waals surface area contributed by atoms with Gasteiger partial charge in [0.2, 0.25) is 5.91 Å². The molecule has 0 bridgehead atoms. The normalized spacial score (nSPS) is 14.4. The number of hydrogen-bond acceptors (Lipinski definition) is 7. The third-order valence-electron chi connectivity index (χ3n) is 3.86. The molecule has 1 fully saturated rings. The second-order valence-corrected chi connectivity index (χ2v) is 7.86. The first-order valence-corrected chi connectivity index (χ1v) is 9.56. The topological polar surface area (TPSA) is 111 Å². The van der Waals surface area contributed by atoms with Gasteiger partial charge in [0.1, 0.15) is 10.9 Å². The molecule has 0 aromatic carbocycles. The molecule has 1 atom stereocenters. The molecule has 1 aromatic heterocycles. The summed E-state index contributed by atoms with van der Waals surface area (Å²) in [5, 5.41) is 5.82. The maximum absolute atomic E-state index is 12.1. The summed E-state index contributed by atoms with van der Waals surface area (Å²) in [4.78, 5) is 47.7. The average molecular weight is 396 g/mol. The lowest BCUT2D eigenvalue weighted by Gasteiger charge is -2.18. The molecule has 0 aliphatic heterocycles. The van der Waals surface area contributed by atoms with E-state index in [4.69, 9.17) is 4.74 Å². The van der Waals surface area contributed by atoms with Crippen LogP contribution < -0.4 is 10.6 Å². The second kappa shape index (κ2) is 9.50. The van der Waals surface area contributed by atoms with Gasteiger partial charge in [-0.3, -0.25) is 9.59 Å². The number of hydrogen-bond donors (Lipinski definition) is 2. The Morgan fingerprint density at radius 2 is 1.93 bits per heavy atom. The zero-order valence-electron chi connectivity index (χ0n) is 15.6. The SMILES string of the molecule is COC(=O)C(CC(C)C)NC(=O)COC(=O)c1ccc(NC(=O)C2CC2)s1. The molecule has 27 heavy (non-hydrogen) atoms. The number of anilines is 1. The molecule has 0 radical (unpaired) electrons. The lowest BCUT2D eigenvalue weighted by atomic mass is 10.0. The zero-order chi connectivity index (χ0) is 20.0. The quantitative estimate of drug-likeness (QED) is 0.617. The summed E-state index contributed by atoms with van der Waals surface area (Å²) in [5.74, 6) is -1.60. The number of carbonyl (C=O) groups excluding carboxylic acids is 4. The summed E-state index contributed by atoms with van der Waals surface area (Å²) >= 11 is 1.08. The molecule has 148 valence electrons. The first-order chi connectivity index (χ1) is 12.8. The highest BCUT2D eigenvalue weighted by Gasteiger charge is 2.30. The van der Waals surface area contributed by atoms with Crippen LogP contribution in [0.4, 0.5) is 5.00 Å². The minimum absolute atomic E-state index is 0.0462. The van der Waals surface area contributed by atoms with Crippen molar-refractivity contribution in [1.29, 1.82) is 0 Å². The zero-order valence-corrected chi connectivity index (χ0v) is 16.4. The van der Waals surface area contributed by atoms with Crippen molar-refractivity contribution in [3.63, 3.8) is 0 Å². The Morgan fingerprint density at radius 3 is 2.52 bits per heavy atom. The van der Waals surface area contributed by atoms with E-state index < -0.39 is 30.5 Å². The number of carbonyl (C=O) groups is 4. The van der Waals surface area contributed by atoms with Crippen LogP contribution in [0.1, 0.15) is 42.8 Å². The lowest BCUT2D eigenvalue weighted by molar-refractivity contribution is -0.145. The van der Waals surface area contributed by atoms with E-state index in [1.54, 1.807) is 6.07 Å². The van der Waals surface area contributed by atoms with Crippen LogP contribution in [-0.4, -0.2) is 43.5 Å². The number of nitrogens with one attached hydrogen (secondary N) is 2. The van der Waals surface area contributed by atoms with Gasteiger partial charge in [-0.15, -0.1) is 11.3 Å². The van der Waals surface area contributed by atoms with E-state index >= 15 is 0 Å². The monoisotopic (exact) mass is 396 g/mol. The Morgan fingerprint density at radius 1 is 1.22 bits per heavy atom. The highest BCUT2D eigenvalue weighted by Crippen LogP contribution is 2.31. The van der Waals surface area contributed by atoms with E-state index in [1.807, 2.05) is 13.8 Å². The predicted molar refractivity (Wildman–Crippen MR) is 99.4 cm³/mol. The number of esters is 2. The minimum atomic E-state index is -0.785. The van der Waals surface area contributed by atoms with E-state index in [0.29, 0.717) is 11.4 Å². The van der Waals surface area contributed by atoms with Gasteiger partial charge >= 0.3 is 11.9 Å². The summed E-state index contributed by atoms with van der Waals surface area (Å²) in [6.45, 7) is 3.32. The molecule has 1 saturated carbocycles. The van der Waals surface area contributed by atoms with Crippen molar-refractivity contribution in [3.8, 4) is 0 Å². The van der Waals surface area contributed by atoms with Gasteiger partial charge in [-0.05, 0) is 37.3 Å². The van der Waals surface area contributed by atoms with Crippen LogP contribution >= 0.6 is 11.3 Å². The van der Waals surface area contributed by atoms with Gasteiger partial charge in [0.25, 0.3) is 5.91 Å². The van der Waals surface area contributed by atoms with Crippen molar-refractivity contribution >= 4 is 40.1 Å². The summed E-state index contributed by atoms with van der Waals surface area (Å²) < 4.78 is 9.65. The van der Waals surface area contributed by atoms with Gasteiger partial charge in [-0.1, -0.05) is 13.8 Å². The van der Waals surface area contributed by atoms with Crippen LogP contribution in [-0.2, 0) is 23.9 Å².